The second kappa shape index (κ2) is 9.05. The van der Waals surface area contributed by atoms with Crippen LogP contribution in [0.4, 0.5) is 17.3 Å². The number of fused-ring (bicyclic) bond motifs is 1. The number of benzene rings is 1. The number of nitrogens with zero attached hydrogens (tertiary/aromatic N) is 4. The molecule has 0 atom stereocenters. The van der Waals surface area contributed by atoms with Crippen LogP contribution in [0.15, 0.2) is 47.4 Å². The molecule has 1 N–H and O–H groups in total. The molecule has 0 amide bonds. The van der Waals surface area contributed by atoms with Crippen LogP contribution >= 0.6 is 0 Å². The van der Waals surface area contributed by atoms with Gasteiger partial charge in [0, 0.05) is 48.7 Å². The molecule has 0 aliphatic carbocycles. The van der Waals surface area contributed by atoms with Gasteiger partial charge in [0.15, 0.2) is 0 Å². The molecular weight excluding hydrogens is 366 g/mol. The SMILES string of the molecule is CCOCCn1c(=O)ccc2cnc(Nc3ccc(N4CCCCC4)cc3)nc21. The minimum Gasteiger partial charge on any atom is -0.380 e. The van der Waals surface area contributed by atoms with E-state index in [1.165, 1.54) is 24.9 Å². The van der Waals surface area contributed by atoms with Crippen molar-refractivity contribution in [3.63, 3.8) is 0 Å². The number of rotatable bonds is 7. The normalized spacial score (nSPS) is 14.3. The highest BCUT2D eigenvalue weighted by Crippen LogP contribution is 2.23. The Morgan fingerprint density at radius 3 is 2.62 bits per heavy atom. The van der Waals surface area contributed by atoms with Crippen molar-refractivity contribution in [2.45, 2.75) is 32.7 Å². The number of ether oxygens (including phenoxy) is 1. The van der Waals surface area contributed by atoms with Crippen LogP contribution in [0.3, 0.4) is 0 Å². The van der Waals surface area contributed by atoms with Crippen molar-refractivity contribution < 1.29 is 4.74 Å². The monoisotopic (exact) mass is 393 g/mol. The second-order valence-corrected chi connectivity index (χ2v) is 7.21. The summed E-state index contributed by atoms with van der Waals surface area (Å²) in [5.41, 5.74) is 2.69. The van der Waals surface area contributed by atoms with Crippen LogP contribution in [0.5, 0.6) is 0 Å². The van der Waals surface area contributed by atoms with Gasteiger partial charge >= 0.3 is 0 Å². The first kappa shape index (κ1) is 19.4. The highest BCUT2D eigenvalue weighted by molar-refractivity contribution is 5.75. The number of nitrogens with one attached hydrogen (secondary N) is 1. The molecule has 1 fully saturated rings. The molecule has 1 aliphatic rings. The Morgan fingerprint density at radius 2 is 1.86 bits per heavy atom. The predicted octanol–water partition coefficient (Wildman–Crippen LogP) is 3.56. The van der Waals surface area contributed by atoms with Crippen LogP contribution in [0.25, 0.3) is 11.0 Å². The molecule has 7 heteroatoms. The summed E-state index contributed by atoms with van der Waals surface area (Å²) in [5.74, 6) is 0.471. The van der Waals surface area contributed by atoms with E-state index in [4.69, 9.17) is 4.74 Å². The summed E-state index contributed by atoms with van der Waals surface area (Å²) in [6, 6.07) is 11.7. The maximum absolute atomic E-state index is 12.3. The van der Waals surface area contributed by atoms with Crippen LogP contribution in [0.2, 0.25) is 0 Å². The van der Waals surface area contributed by atoms with E-state index < -0.39 is 0 Å². The Hall–Kier alpha value is -2.93. The Kier molecular flexibility index (Phi) is 6.05. The Labute approximate surface area is 170 Å². The fraction of sp³-hybridized carbons (Fsp3) is 0.409. The first-order chi connectivity index (χ1) is 14.2. The number of pyridine rings is 1. The zero-order chi connectivity index (χ0) is 20.1. The third kappa shape index (κ3) is 4.56. The number of piperidine rings is 1. The molecular formula is C22H27N5O2. The molecule has 3 heterocycles. The highest BCUT2D eigenvalue weighted by Gasteiger charge is 2.11. The summed E-state index contributed by atoms with van der Waals surface area (Å²) in [6.07, 6.45) is 5.58. The Balaban J connectivity index is 1.54. The van der Waals surface area contributed by atoms with E-state index in [0.717, 1.165) is 24.2 Å². The zero-order valence-corrected chi connectivity index (χ0v) is 16.8. The van der Waals surface area contributed by atoms with Gasteiger partial charge in [-0.3, -0.25) is 9.36 Å². The summed E-state index contributed by atoms with van der Waals surface area (Å²) in [7, 11) is 0. The summed E-state index contributed by atoms with van der Waals surface area (Å²) < 4.78 is 7.04. The molecule has 152 valence electrons. The molecule has 1 saturated heterocycles. The molecule has 0 bridgehead atoms. The number of aromatic nitrogens is 3. The third-order valence-electron chi connectivity index (χ3n) is 5.23. The lowest BCUT2D eigenvalue weighted by Gasteiger charge is -2.28. The van der Waals surface area contributed by atoms with Gasteiger partial charge in [-0.05, 0) is 56.5 Å². The minimum absolute atomic E-state index is 0.0901. The van der Waals surface area contributed by atoms with Crippen LogP contribution in [0, 0.1) is 0 Å². The number of hydrogen-bond acceptors (Lipinski definition) is 6. The number of anilines is 3. The zero-order valence-electron chi connectivity index (χ0n) is 16.8. The molecule has 7 nitrogen and oxygen atoms in total. The lowest BCUT2D eigenvalue weighted by molar-refractivity contribution is 0.139. The quantitative estimate of drug-likeness (QED) is 0.619. The molecule has 29 heavy (non-hydrogen) atoms. The largest absolute Gasteiger partial charge is 0.380 e. The molecule has 2 aromatic heterocycles. The minimum atomic E-state index is -0.0901. The molecule has 0 saturated carbocycles. The third-order valence-corrected chi connectivity index (χ3v) is 5.23. The first-order valence-electron chi connectivity index (χ1n) is 10.3. The van der Waals surface area contributed by atoms with E-state index in [-0.39, 0.29) is 5.56 Å². The average Bonchev–Trinajstić information content (AvgIpc) is 2.76. The van der Waals surface area contributed by atoms with Crippen molar-refractivity contribution in [2.24, 2.45) is 0 Å². The first-order valence-corrected chi connectivity index (χ1v) is 10.3. The lowest BCUT2D eigenvalue weighted by Crippen LogP contribution is -2.29. The molecule has 0 radical (unpaired) electrons. The fourth-order valence-electron chi connectivity index (χ4n) is 3.68. The fourth-order valence-corrected chi connectivity index (χ4v) is 3.68. The smallest absolute Gasteiger partial charge is 0.252 e. The second-order valence-electron chi connectivity index (χ2n) is 7.21. The standard InChI is InChI=1S/C22H27N5O2/c1-2-29-15-14-27-20(28)11-6-17-16-23-22(25-21(17)27)24-18-7-9-19(10-8-18)26-12-4-3-5-13-26/h6-11,16H,2-5,12-15H2,1H3,(H,23,24,25). The topological polar surface area (TPSA) is 72.3 Å². The molecule has 0 spiro atoms. The van der Waals surface area contributed by atoms with Crippen LogP contribution in [-0.2, 0) is 11.3 Å². The molecule has 1 aromatic carbocycles. The van der Waals surface area contributed by atoms with Crippen molar-refractivity contribution in [3.05, 3.63) is 52.9 Å². The Bertz CT molecular complexity index is 1010. The maximum Gasteiger partial charge on any atom is 0.252 e. The summed E-state index contributed by atoms with van der Waals surface area (Å²) >= 11 is 0. The van der Waals surface area contributed by atoms with E-state index >= 15 is 0 Å². The van der Waals surface area contributed by atoms with Gasteiger partial charge in [0.1, 0.15) is 5.65 Å². The van der Waals surface area contributed by atoms with E-state index in [9.17, 15) is 4.79 Å². The van der Waals surface area contributed by atoms with E-state index in [1.54, 1.807) is 22.9 Å². The van der Waals surface area contributed by atoms with Crippen LogP contribution < -0.4 is 15.8 Å². The van der Waals surface area contributed by atoms with Crippen LogP contribution in [0.1, 0.15) is 26.2 Å². The molecule has 4 rings (SSSR count). The van der Waals surface area contributed by atoms with Crippen molar-refractivity contribution in [1.29, 1.82) is 0 Å². The summed E-state index contributed by atoms with van der Waals surface area (Å²) in [6.45, 7) is 5.74. The molecule has 1 aliphatic heterocycles. The van der Waals surface area contributed by atoms with Gasteiger partial charge in [-0.1, -0.05) is 0 Å². The Morgan fingerprint density at radius 1 is 1.07 bits per heavy atom. The molecule has 0 unspecified atom stereocenters. The van der Waals surface area contributed by atoms with Gasteiger partial charge in [0.05, 0.1) is 13.2 Å². The maximum atomic E-state index is 12.3. The van der Waals surface area contributed by atoms with Crippen molar-refractivity contribution in [2.75, 3.05) is 36.5 Å². The van der Waals surface area contributed by atoms with Gasteiger partial charge in [0.25, 0.3) is 5.56 Å². The van der Waals surface area contributed by atoms with Gasteiger partial charge in [-0.15, -0.1) is 0 Å². The van der Waals surface area contributed by atoms with E-state index in [0.29, 0.717) is 31.4 Å². The van der Waals surface area contributed by atoms with Crippen molar-refractivity contribution in [1.82, 2.24) is 14.5 Å². The van der Waals surface area contributed by atoms with E-state index in [1.807, 2.05) is 19.1 Å². The number of hydrogen-bond donors (Lipinski definition) is 1. The van der Waals surface area contributed by atoms with Gasteiger partial charge in [0.2, 0.25) is 5.95 Å². The van der Waals surface area contributed by atoms with Gasteiger partial charge in [-0.2, -0.15) is 4.98 Å². The van der Waals surface area contributed by atoms with Crippen LogP contribution in [-0.4, -0.2) is 40.8 Å². The summed E-state index contributed by atoms with van der Waals surface area (Å²) in [4.78, 5) is 23.7. The summed E-state index contributed by atoms with van der Waals surface area (Å²) in [5, 5.41) is 4.08. The predicted molar refractivity (Wildman–Crippen MR) is 116 cm³/mol. The van der Waals surface area contributed by atoms with Gasteiger partial charge < -0.3 is 15.0 Å². The van der Waals surface area contributed by atoms with Gasteiger partial charge in [-0.25, -0.2) is 4.98 Å². The average molecular weight is 393 g/mol. The lowest BCUT2D eigenvalue weighted by atomic mass is 10.1. The van der Waals surface area contributed by atoms with E-state index in [2.05, 4.69) is 32.3 Å². The van der Waals surface area contributed by atoms with Crippen molar-refractivity contribution in [3.8, 4) is 0 Å². The highest BCUT2D eigenvalue weighted by atomic mass is 16.5. The van der Waals surface area contributed by atoms with Crippen molar-refractivity contribution >= 4 is 28.4 Å². The molecule has 3 aromatic rings.